The summed E-state index contributed by atoms with van der Waals surface area (Å²) in [6.45, 7) is 8.21. The molecule has 4 heteroatoms. The van der Waals surface area contributed by atoms with Crippen LogP contribution in [0.5, 0.6) is 0 Å². The van der Waals surface area contributed by atoms with Gasteiger partial charge in [-0.2, -0.15) is 0 Å². The predicted octanol–water partition coefficient (Wildman–Crippen LogP) is 3.11. The minimum absolute atomic E-state index is 0.0600. The first-order valence-electron chi connectivity index (χ1n) is 7.65. The van der Waals surface area contributed by atoms with Gasteiger partial charge in [0.2, 0.25) is 5.91 Å². The first-order chi connectivity index (χ1) is 9.43. The standard InChI is InChI=1S/C16H26N2O2/c1-5-6-7-14-10-13(18-20-14)8-12-9-15(16(12,3)4)17-11(2)19/h10,12,15H,5-9H2,1-4H3,(H,17,19)/t12-,15+/m1/s1. The normalized spacial score (nSPS) is 24.2. The summed E-state index contributed by atoms with van der Waals surface area (Å²) in [4.78, 5) is 11.2. The van der Waals surface area contributed by atoms with Crippen molar-refractivity contribution < 1.29 is 9.32 Å². The van der Waals surface area contributed by atoms with Gasteiger partial charge in [0.15, 0.2) is 0 Å². The molecule has 0 aromatic carbocycles. The fraction of sp³-hybridized carbons (Fsp3) is 0.750. The van der Waals surface area contributed by atoms with E-state index in [0.29, 0.717) is 5.92 Å². The number of hydrogen-bond acceptors (Lipinski definition) is 3. The largest absolute Gasteiger partial charge is 0.361 e. The lowest BCUT2D eigenvalue weighted by Gasteiger charge is -2.52. The first kappa shape index (κ1) is 15.1. The molecule has 4 nitrogen and oxygen atoms in total. The third-order valence-corrected chi connectivity index (χ3v) is 4.69. The number of hydrogen-bond donors (Lipinski definition) is 1. The van der Waals surface area contributed by atoms with Crippen molar-refractivity contribution in [2.24, 2.45) is 11.3 Å². The summed E-state index contributed by atoms with van der Waals surface area (Å²) >= 11 is 0. The van der Waals surface area contributed by atoms with Gasteiger partial charge in [0, 0.05) is 25.5 Å². The molecular weight excluding hydrogens is 252 g/mol. The van der Waals surface area contributed by atoms with Crippen LogP contribution in [0.3, 0.4) is 0 Å². The molecule has 0 aliphatic heterocycles. The van der Waals surface area contributed by atoms with Crippen LogP contribution in [-0.4, -0.2) is 17.1 Å². The Balaban J connectivity index is 1.88. The van der Waals surface area contributed by atoms with Gasteiger partial charge in [-0.15, -0.1) is 0 Å². The highest BCUT2D eigenvalue weighted by molar-refractivity contribution is 5.73. The van der Waals surface area contributed by atoms with Gasteiger partial charge in [-0.3, -0.25) is 4.79 Å². The number of carbonyl (C=O) groups is 1. The van der Waals surface area contributed by atoms with Crippen molar-refractivity contribution in [2.75, 3.05) is 0 Å². The number of amides is 1. The third-order valence-electron chi connectivity index (χ3n) is 4.69. The number of rotatable bonds is 6. The second kappa shape index (κ2) is 5.98. The van der Waals surface area contributed by atoms with Crippen molar-refractivity contribution in [3.05, 3.63) is 17.5 Å². The van der Waals surface area contributed by atoms with Gasteiger partial charge in [-0.25, -0.2) is 0 Å². The van der Waals surface area contributed by atoms with E-state index in [1.54, 1.807) is 6.92 Å². The Labute approximate surface area is 121 Å². The van der Waals surface area contributed by atoms with E-state index in [-0.39, 0.29) is 17.4 Å². The Hall–Kier alpha value is -1.32. The van der Waals surface area contributed by atoms with Crippen molar-refractivity contribution >= 4 is 5.91 Å². The highest BCUT2D eigenvalue weighted by atomic mass is 16.5. The Morgan fingerprint density at radius 2 is 2.30 bits per heavy atom. The summed E-state index contributed by atoms with van der Waals surface area (Å²) in [5.74, 6) is 1.62. The van der Waals surface area contributed by atoms with Crippen molar-refractivity contribution in [3.8, 4) is 0 Å². The van der Waals surface area contributed by atoms with Crippen LogP contribution in [0.2, 0.25) is 0 Å². The third kappa shape index (κ3) is 3.22. The zero-order chi connectivity index (χ0) is 14.8. The van der Waals surface area contributed by atoms with Gasteiger partial charge in [0.05, 0.1) is 5.69 Å². The van der Waals surface area contributed by atoms with Crippen LogP contribution in [0.25, 0.3) is 0 Å². The van der Waals surface area contributed by atoms with Crippen LogP contribution < -0.4 is 5.32 Å². The Morgan fingerprint density at radius 3 is 2.90 bits per heavy atom. The molecule has 1 aliphatic carbocycles. The minimum Gasteiger partial charge on any atom is -0.361 e. The van der Waals surface area contributed by atoms with Gasteiger partial charge in [-0.1, -0.05) is 32.3 Å². The van der Waals surface area contributed by atoms with Gasteiger partial charge in [0.25, 0.3) is 0 Å². The average molecular weight is 278 g/mol. The molecular formula is C16H26N2O2. The van der Waals surface area contributed by atoms with Crippen LogP contribution in [0, 0.1) is 11.3 Å². The van der Waals surface area contributed by atoms with Crippen LogP contribution in [0.4, 0.5) is 0 Å². The van der Waals surface area contributed by atoms with E-state index in [1.165, 1.54) is 6.42 Å². The number of aryl methyl sites for hydroxylation is 1. The molecule has 1 N–H and O–H groups in total. The Morgan fingerprint density at radius 1 is 1.55 bits per heavy atom. The molecule has 1 aliphatic rings. The van der Waals surface area contributed by atoms with E-state index in [2.05, 4.69) is 37.3 Å². The number of unbranched alkanes of at least 4 members (excludes halogenated alkanes) is 1. The molecule has 2 rings (SSSR count). The fourth-order valence-corrected chi connectivity index (χ4v) is 3.03. The lowest BCUT2D eigenvalue weighted by molar-refractivity contribution is -0.123. The summed E-state index contributed by atoms with van der Waals surface area (Å²) in [6.07, 6.45) is 5.27. The van der Waals surface area contributed by atoms with Gasteiger partial charge >= 0.3 is 0 Å². The molecule has 0 radical (unpaired) electrons. The summed E-state index contributed by atoms with van der Waals surface area (Å²) in [6, 6.07) is 2.38. The molecule has 1 fully saturated rings. The molecule has 112 valence electrons. The van der Waals surface area contributed by atoms with Crippen molar-refractivity contribution in [1.29, 1.82) is 0 Å². The second-order valence-electron chi connectivity index (χ2n) is 6.60. The highest BCUT2D eigenvalue weighted by Gasteiger charge is 2.48. The van der Waals surface area contributed by atoms with E-state index in [9.17, 15) is 4.79 Å². The van der Waals surface area contributed by atoms with Crippen molar-refractivity contribution in [3.63, 3.8) is 0 Å². The fourth-order valence-electron chi connectivity index (χ4n) is 3.03. The lowest BCUT2D eigenvalue weighted by Crippen LogP contribution is -2.58. The minimum atomic E-state index is 0.0600. The lowest BCUT2D eigenvalue weighted by atomic mass is 9.57. The first-order valence-corrected chi connectivity index (χ1v) is 7.65. The number of carbonyl (C=O) groups excluding carboxylic acids is 1. The maximum atomic E-state index is 11.2. The molecule has 0 saturated heterocycles. The summed E-state index contributed by atoms with van der Waals surface area (Å²) in [7, 11) is 0. The summed E-state index contributed by atoms with van der Waals surface area (Å²) < 4.78 is 5.38. The Bertz CT molecular complexity index is 465. The molecule has 1 heterocycles. The van der Waals surface area contributed by atoms with Gasteiger partial charge in [-0.05, 0) is 30.6 Å². The quantitative estimate of drug-likeness (QED) is 0.870. The number of nitrogens with one attached hydrogen (secondary N) is 1. The Kier molecular flexibility index (Phi) is 4.51. The van der Waals surface area contributed by atoms with Crippen LogP contribution >= 0.6 is 0 Å². The second-order valence-corrected chi connectivity index (χ2v) is 6.60. The molecule has 1 aromatic heterocycles. The van der Waals surface area contributed by atoms with Gasteiger partial charge < -0.3 is 9.84 Å². The topological polar surface area (TPSA) is 55.1 Å². The zero-order valence-corrected chi connectivity index (χ0v) is 13.0. The molecule has 0 spiro atoms. The molecule has 2 atom stereocenters. The maximum Gasteiger partial charge on any atom is 0.217 e. The number of aromatic nitrogens is 1. The van der Waals surface area contributed by atoms with Crippen molar-refractivity contribution in [1.82, 2.24) is 10.5 Å². The maximum absolute atomic E-state index is 11.2. The molecule has 0 bridgehead atoms. The van der Waals surface area contributed by atoms with E-state index in [0.717, 1.165) is 37.1 Å². The van der Waals surface area contributed by atoms with Crippen molar-refractivity contribution in [2.45, 2.75) is 65.8 Å². The SMILES string of the molecule is CCCCc1cc(C[C@@H]2C[C@H](NC(C)=O)C2(C)C)no1. The zero-order valence-electron chi connectivity index (χ0n) is 13.0. The van der Waals surface area contributed by atoms with E-state index < -0.39 is 0 Å². The van der Waals surface area contributed by atoms with E-state index in [4.69, 9.17) is 4.52 Å². The van der Waals surface area contributed by atoms with E-state index in [1.807, 2.05) is 0 Å². The molecule has 1 aromatic rings. The molecule has 1 amide bonds. The highest BCUT2D eigenvalue weighted by Crippen LogP contribution is 2.47. The summed E-state index contributed by atoms with van der Waals surface area (Å²) in [5.41, 5.74) is 1.18. The van der Waals surface area contributed by atoms with Crippen LogP contribution in [-0.2, 0) is 17.6 Å². The monoisotopic (exact) mass is 278 g/mol. The van der Waals surface area contributed by atoms with E-state index >= 15 is 0 Å². The molecule has 1 saturated carbocycles. The van der Waals surface area contributed by atoms with Gasteiger partial charge in [0.1, 0.15) is 5.76 Å². The average Bonchev–Trinajstić information content (AvgIpc) is 2.82. The molecule has 20 heavy (non-hydrogen) atoms. The smallest absolute Gasteiger partial charge is 0.217 e. The van der Waals surface area contributed by atoms with Crippen LogP contribution in [0.1, 0.15) is 58.4 Å². The summed E-state index contributed by atoms with van der Waals surface area (Å²) in [5, 5.41) is 7.22. The predicted molar refractivity (Wildman–Crippen MR) is 78.3 cm³/mol. The van der Waals surface area contributed by atoms with Crippen LogP contribution in [0.15, 0.2) is 10.6 Å². The number of nitrogens with zero attached hydrogens (tertiary/aromatic N) is 1. The molecule has 0 unspecified atom stereocenters.